The first kappa shape index (κ1) is 11.1. The lowest BCUT2D eigenvalue weighted by atomic mass is 10.2. The Bertz CT molecular complexity index is 456. The van der Waals surface area contributed by atoms with Crippen molar-refractivity contribution in [3.8, 4) is 0 Å². The van der Waals surface area contributed by atoms with Crippen LogP contribution in [-0.2, 0) is 13.1 Å². The van der Waals surface area contributed by atoms with Crippen LogP contribution in [0, 0.1) is 6.92 Å². The SMILES string of the molecule is Cc1nn(Cc2ccc(CN)cn2)cc1Cl. The molecule has 0 fully saturated rings. The topological polar surface area (TPSA) is 56.7 Å². The fourth-order valence-corrected chi connectivity index (χ4v) is 1.56. The van der Waals surface area contributed by atoms with Gasteiger partial charge < -0.3 is 5.73 Å². The molecule has 16 heavy (non-hydrogen) atoms. The maximum atomic E-state index is 5.92. The van der Waals surface area contributed by atoms with Gasteiger partial charge in [0.15, 0.2) is 0 Å². The van der Waals surface area contributed by atoms with Gasteiger partial charge in [0.2, 0.25) is 0 Å². The second-order valence-corrected chi connectivity index (χ2v) is 4.03. The Kier molecular flexibility index (Phi) is 3.22. The van der Waals surface area contributed by atoms with E-state index in [0.29, 0.717) is 18.1 Å². The minimum atomic E-state index is 0.514. The number of aryl methyl sites for hydroxylation is 1. The molecule has 0 amide bonds. The summed E-state index contributed by atoms with van der Waals surface area (Å²) < 4.78 is 1.78. The summed E-state index contributed by atoms with van der Waals surface area (Å²) in [4.78, 5) is 4.30. The van der Waals surface area contributed by atoms with Gasteiger partial charge in [0.1, 0.15) is 0 Å². The lowest BCUT2D eigenvalue weighted by Gasteiger charge is -2.02. The van der Waals surface area contributed by atoms with E-state index in [2.05, 4.69) is 10.1 Å². The lowest BCUT2D eigenvalue weighted by Crippen LogP contribution is -2.04. The first-order chi connectivity index (χ1) is 7.69. The van der Waals surface area contributed by atoms with Crippen LogP contribution in [0.15, 0.2) is 24.5 Å². The van der Waals surface area contributed by atoms with Gasteiger partial charge in [-0.3, -0.25) is 9.67 Å². The average Bonchev–Trinajstić information content (AvgIpc) is 2.59. The van der Waals surface area contributed by atoms with Crippen molar-refractivity contribution in [1.29, 1.82) is 0 Å². The average molecular weight is 237 g/mol. The second-order valence-electron chi connectivity index (χ2n) is 3.62. The maximum Gasteiger partial charge on any atom is 0.0831 e. The van der Waals surface area contributed by atoms with E-state index in [-0.39, 0.29) is 0 Å². The molecule has 2 N–H and O–H groups in total. The van der Waals surface area contributed by atoms with Gasteiger partial charge in [0.25, 0.3) is 0 Å². The van der Waals surface area contributed by atoms with Crippen LogP contribution in [0.5, 0.6) is 0 Å². The molecule has 2 rings (SSSR count). The van der Waals surface area contributed by atoms with Gasteiger partial charge in [-0.25, -0.2) is 0 Å². The molecule has 0 atom stereocenters. The molecule has 0 saturated heterocycles. The summed E-state index contributed by atoms with van der Waals surface area (Å²) in [6.07, 6.45) is 3.59. The number of pyridine rings is 1. The van der Waals surface area contributed by atoms with Crippen molar-refractivity contribution >= 4 is 11.6 Å². The van der Waals surface area contributed by atoms with E-state index in [1.165, 1.54) is 0 Å². The first-order valence-electron chi connectivity index (χ1n) is 5.02. The Labute approximate surface area is 99.1 Å². The predicted octanol–water partition coefficient (Wildman–Crippen LogP) is 1.75. The molecule has 0 spiro atoms. The highest BCUT2D eigenvalue weighted by Gasteiger charge is 2.03. The lowest BCUT2D eigenvalue weighted by molar-refractivity contribution is 0.665. The van der Waals surface area contributed by atoms with Crippen molar-refractivity contribution < 1.29 is 0 Å². The Morgan fingerprint density at radius 3 is 2.75 bits per heavy atom. The third-order valence-corrected chi connectivity index (χ3v) is 2.70. The normalized spacial score (nSPS) is 10.7. The fourth-order valence-electron chi connectivity index (χ4n) is 1.41. The molecule has 0 bridgehead atoms. The van der Waals surface area contributed by atoms with Gasteiger partial charge in [-0.2, -0.15) is 5.10 Å². The fraction of sp³-hybridized carbons (Fsp3) is 0.273. The van der Waals surface area contributed by atoms with Gasteiger partial charge in [0, 0.05) is 18.9 Å². The van der Waals surface area contributed by atoms with Crippen LogP contribution in [0.25, 0.3) is 0 Å². The molecule has 4 nitrogen and oxygen atoms in total. The van der Waals surface area contributed by atoms with Crippen LogP contribution in [0.4, 0.5) is 0 Å². The van der Waals surface area contributed by atoms with Crippen molar-refractivity contribution in [3.05, 3.63) is 46.5 Å². The molecule has 2 heterocycles. The molecular weight excluding hydrogens is 224 g/mol. The first-order valence-corrected chi connectivity index (χ1v) is 5.40. The molecule has 0 unspecified atom stereocenters. The van der Waals surface area contributed by atoms with Crippen LogP contribution in [0.3, 0.4) is 0 Å². The molecule has 2 aromatic heterocycles. The Morgan fingerprint density at radius 1 is 1.44 bits per heavy atom. The highest BCUT2D eigenvalue weighted by Crippen LogP contribution is 2.12. The van der Waals surface area contributed by atoms with E-state index in [1.54, 1.807) is 17.1 Å². The number of rotatable bonds is 3. The molecule has 5 heteroatoms. The number of hydrogen-bond acceptors (Lipinski definition) is 3. The predicted molar refractivity (Wildman–Crippen MR) is 63.2 cm³/mol. The molecule has 84 valence electrons. The van der Waals surface area contributed by atoms with Gasteiger partial charge >= 0.3 is 0 Å². The highest BCUT2D eigenvalue weighted by atomic mass is 35.5. The zero-order chi connectivity index (χ0) is 11.5. The minimum absolute atomic E-state index is 0.514. The summed E-state index contributed by atoms with van der Waals surface area (Å²) in [5, 5.41) is 4.95. The summed E-state index contributed by atoms with van der Waals surface area (Å²) in [7, 11) is 0. The van der Waals surface area contributed by atoms with E-state index >= 15 is 0 Å². The standard InChI is InChI=1S/C11H13ClN4/c1-8-11(12)7-16(15-8)6-10-3-2-9(4-13)5-14-10/h2-3,5,7H,4,6,13H2,1H3. The van der Waals surface area contributed by atoms with E-state index < -0.39 is 0 Å². The van der Waals surface area contributed by atoms with E-state index in [1.807, 2.05) is 19.1 Å². The smallest absolute Gasteiger partial charge is 0.0831 e. The number of hydrogen-bond donors (Lipinski definition) is 1. The number of nitrogens with zero attached hydrogens (tertiary/aromatic N) is 3. The van der Waals surface area contributed by atoms with Crippen LogP contribution in [0.2, 0.25) is 5.02 Å². The van der Waals surface area contributed by atoms with Gasteiger partial charge in [-0.05, 0) is 18.6 Å². The number of aromatic nitrogens is 3. The van der Waals surface area contributed by atoms with Crippen molar-refractivity contribution in [3.63, 3.8) is 0 Å². The number of nitrogens with two attached hydrogens (primary N) is 1. The van der Waals surface area contributed by atoms with Crippen LogP contribution >= 0.6 is 11.6 Å². The van der Waals surface area contributed by atoms with Gasteiger partial charge in [-0.1, -0.05) is 17.7 Å². The Morgan fingerprint density at radius 2 is 2.25 bits per heavy atom. The van der Waals surface area contributed by atoms with Crippen molar-refractivity contribution in [2.75, 3.05) is 0 Å². The van der Waals surface area contributed by atoms with Crippen LogP contribution in [-0.4, -0.2) is 14.8 Å². The summed E-state index contributed by atoms with van der Waals surface area (Å²) in [6, 6.07) is 3.92. The Hall–Kier alpha value is -1.39. The van der Waals surface area contributed by atoms with Crippen molar-refractivity contribution in [1.82, 2.24) is 14.8 Å². The largest absolute Gasteiger partial charge is 0.326 e. The monoisotopic (exact) mass is 236 g/mol. The highest BCUT2D eigenvalue weighted by molar-refractivity contribution is 6.31. The molecule has 0 radical (unpaired) electrons. The van der Waals surface area contributed by atoms with Gasteiger partial charge in [-0.15, -0.1) is 0 Å². The molecule has 0 aliphatic rings. The summed E-state index contributed by atoms with van der Waals surface area (Å²) in [5.41, 5.74) is 8.30. The molecule has 0 aliphatic heterocycles. The van der Waals surface area contributed by atoms with E-state index in [4.69, 9.17) is 17.3 Å². The second kappa shape index (κ2) is 4.63. The van der Waals surface area contributed by atoms with E-state index in [0.717, 1.165) is 17.0 Å². The molecule has 0 aromatic carbocycles. The molecule has 0 aliphatic carbocycles. The third kappa shape index (κ3) is 2.40. The van der Waals surface area contributed by atoms with Crippen molar-refractivity contribution in [2.45, 2.75) is 20.0 Å². The molecule has 2 aromatic rings. The molecular formula is C11H13ClN4. The van der Waals surface area contributed by atoms with E-state index in [9.17, 15) is 0 Å². The molecule has 0 saturated carbocycles. The van der Waals surface area contributed by atoms with Crippen LogP contribution in [0.1, 0.15) is 17.0 Å². The summed E-state index contributed by atoms with van der Waals surface area (Å²) >= 11 is 5.92. The quantitative estimate of drug-likeness (QED) is 0.883. The zero-order valence-corrected chi connectivity index (χ0v) is 9.78. The minimum Gasteiger partial charge on any atom is -0.326 e. The third-order valence-electron chi connectivity index (χ3n) is 2.33. The maximum absolute atomic E-state index is 5.92. The Balaban J connectivity index is 2.14. The zero-order valence-electron chi connectivity index (χ0n) is 9.02. The van der Waals surface area contributed by atoms with Gasteiger partial charge in [0.05, 0.1) is 23.0 Å². The van der Waals surface area contributed by atoms with Crippen LogP contribution < -0.4 is 5.73 Å². The number of halogens is 1. The van der Waals surface area contributed by atoms with Crippen molar-refractivity contribution in [2.24, 2.45) is 5.73 Å². The summed E-state index contributed by atoms with van der Waals surface area (Å²) in [6.45, 7) is 3.02. The summed E-state index contributed by atoms with van der Waals surface area (Å²) in [5.74, 6) is 0.